The molecular formula is C28H25F3O2. The highest BCUT2D eigenvalue weighted by Crippen LogP contribution is 2.31. The molecule has 0 saturated heterocycles. The molecule has 1 fully saturated rings. The van der Waals surface area contributed by atoms with Crippen LogP contribution in [-0.4, -0.2) is 5.97 Å². The third kappa shape index (κ3) is 5.39. The first-order chi connectivity index (χ1) is 15.9. The van der Waals surface area contributed by atoms with Gasteiger partial charge in [-0.25, -0.2) is 18.0 Å². The molecular weight excluding hydrogens is 425 g/mol. The van der Waals surface area contributed by atoms with Crippen molar-refractivity contribution in [3.63, 3.8) is 0 Å². The third-order valence-electron chi connectivity index (χ3n) is 6.22. The zero-order valence-electron chi connectivity index (χ0n) is 18.5. The monoisotopic (exact) mass is 450 g/mol. The maximum absolute atomic E-state index is 14.6. The molecule has 0 atom stereocenters. The van der Waals surface area contributed by atoms with Crippen molar-refractivity contribution in [1.82, 2.24) is 0 Å². The van der Waals surface area contributed by atoms with Gasteiger partial charge in [-0.15, -0.1) is 0 Å². The van der Waals surface area contributed by atoms with E-state index in [1.807, 2.05) is 0 Å². The van der Waals surface area contributed by atoms with Gasteiger partial charge in [-0.1, -0.05) is 43.7 Å². The van der Waals surface area contributed by atoms with E-state index in [9.17, 15) is 18.0 Å². The topological polar surface area (TPSA) is 26.3 Å². The molecule has 4 rings (SSSR count). The molecule has 0 amide bonds. The maximum atomic E-state index is 14.6. The first-order valence-electron chi connectivity index (χ1n) is 11.4. The third-order valence-corrected chi connectivity index (χ3v) is 6.22. The molecule has 0 heterocycles. The molecule has 0 spiro atoms. The molecule has 1 aliphatic carbocycles. The van der Waals surface area contributed by atoms with Crippen LogP contribution in [0.1, 0.15) is 61.4 Å². The summed E-state index contributed by atoms with van der Waals surface area (Å²) in [5.41, 5.74) is -0.585. The van der Waals surface area contributed by atoms with E-state index in [4.69, 9.17) is 4.74 Å². The molecule has 1 saturated carbocycles. The lowest BCUT2D eigenvalue weighted by atomic mass is 9.80. The number of halogens is 3. The molecule has 3 aromatic carbocycles. The number of ether oxygens (including phenoxy) is 1. The summed E-state index contributed by atoms with van der Waals surface area (Å²) >= 11 is 0. The Morgan fingerprint density at radius 2 is 1.70 bits per heavy atom. The predicted molar refractivity (Wildman–Crippen MR) is 122 cm³/mol. The summed E-state index contributed by atoms with van der Waals surface area (Å²) in [7, 11) is 0. The standard InChI is InChI=1S/C28H25F3O2/c1-2-4-18-7-9-19(10-8-18)11-12-20-15-25(30)27(26(31)16-20)28(32)33-22-13-14-23-21(17-22)5-3-6-24(23)29/h3,5-6,13-19H,2,4,7-10H2,1H3. The Kier molecular flexibility index (Phi) is 7.03. The lowest BCUT2D eigenvalue weighted by molar-refractivity contribution is 0.0725. The number of esters is 1. The fourth-order valence-electron chi connectivity index (χ4n) is 4.47. The van der Waals surface area contributed by atoms with Gasteiger partial charge in [-0.3, -0.25) is 0 Å². The molecule has 5 heteroatoms. The van der Waals surface area contributed by atoms with Crippen LogP contribution < -0.4 is 4.74 Å². The van der Waals surface area contributed by atoms with Crippen LogP contribution in [0.25, 0.3) is 10.8 Å². The van der Waals surface area contributed by atoms with Crippen LogP contribution in [0.3, 0.4) is 0 Å². The minimum Gasteiger partial charge on any atom is -0.423 e. The lowest BCUT2D eigenvalue weighted by Crippen LogP contribution is -2.14. The minimum atomic E-state index is -1.16. The first-order valence-corrected chi connectivity index (χ1v) is 11.4. The highest BCUT2D eigenvalue weighted by atomic mass is 19.1. The highest BCUT2D eigenvalue weighted by molar-refractivity contribution is 5.93. The van der Waals surface area contributed by atoms with Crippen LogP contribution >= 0.6 is 0 Å². The van der Waals surface area contributed by atoms with Crippen molar-refractivity contribution in [3.8, 4) is 17.6 Å². The van der Waals surface area contributed by atoms with Crippen LogP contribution in [0.5, 0.6) is 5.75 Å². The van der Waals surface area contributed by atoms with Crippen molar-refractivity contribution in [3.05, 3.63) is 77.1 Å². The molecule has 3 aromatic rings. The molecule has 0 bridgehead atoms. The molecule has 1 aliphatic rings. The van der Waals surface area contributed by atoms with Crippen LogP contribution in [0.15, 0.2) is 48.5 Å². The van der Waals surface area contributed by atoms with Crippen molar-refractivity contribution in [2.75, 3.05) is 0 Å². The fraction of sp³-hybridized carbons (Fsp3) is 0.321. The maximum Gasteiger partial charge on any atom is 0.349 e. The second kappa shape index (κ2) is 10.1. The van der Waals surface area contributed by atoms with Crippen molar-refractivity contribution in [2.45, 2.75) is 45.4 Å². The SMILES string of the molecule is CCCC1CCC(C#Cc2cc(F)c(C(=O)Oc3ccc4c(F)cccc4c3)c(F)c2)CC1. The van der Waals surface area contributed by atoms with Crippen molar-refractivity contribution in [2.24, 2.45) is 11.8 Å². The number of benzene rings is 3. The van der Waals surface area contributed by atoms with Crippen LogP contribution in [0.2, 0.25) is 0 Å². The summed E-state index contributed by atoms with van der Waals surface area (Å²) in [4.78, 5) is 12.4. The molecule has 0 radical (unpaired) electrons. The number of hydrogen-bond donors (Lipinski definition) is 0. The van der Waals surface area contributed by atoms with E-state index >= 15 is 0 Å². The van der Waals surface area contributed by atoms with Gasteiger partial charge < -0.3 is 4.74 Å². The van der Waals surface area contributed by atoms with Gasteiger partial charge in [0.1, 0.15) is 28.8 Å². The Labute approximate surface area is 191 Å². The quantitative estimate of drug-likeness (QED) is 0.235. The summed E-state index contributed by atoms with van der Waals surface area (Å²) < 4.78 is 48.2. The van der Waals surface area contributed by atoms with E-state index < -0.39 is 29.0 Å². The smallest absolute Gasteiger partial charge is 0.349 e. The number of fused-ring (bicyclic) bond motifs is 1. The molecule has 0 aromatic heterocycles. The zero-order valence-corrected chi connectivity index (χ0v) is 18.5. The Hall–Kier alpha value is -3.26. The summed E-state index contributed by atoms with van der Waals surface area (Å²) in [5.74, 6) is 3.44. The fourth-order valence-corrected chi connectivity index (χ4v) is 4.47. The normalized spacial score (nSPS) is 17.9. The van der Waals surface area contributed by atoms with Crippen LogP contribution in [0, 0.1) is 41.1 Å². The first kappa shape index (κ1) is 22.9. The number of hydrogen-bond acceptors (Lipinski definition) is 2. The summed E-state index contributed by atoms with van der Waals surface area (Å²) in [5, 5.41) is 0.868. The van der Waals surface area contributed by atoms with Gasteiger partial charge in [0.05, 0.1) is 0 Å². The number of carbonyl (C=O) groups is 1. The minimum absolute atomic E-state index is 0.0689. The van der Waals surface area contributed by atoms with Crippen molar-refractivity contribution in [1.29, 1.82) is 0 Å². The van der Waals surface area contributed by atoms with Crippen molar-refractivity contribution < 1.29 is 22.7 Å². The van der Waals surface area contributed by atoms with Gasteiger partial charge in [0.25, 0.3) is 0 Å². The number of rotatable bonds is 4. The molecule has 2 nitrogen and oxygen atoms in total. The predicted octanol–water partition coefficient (Wildman–Crippen LogP) is 7.43. The van der Waals surface area contributed by atoms with E-state index in [1.165, 1.54) is 43.2 Å². The van der Waals surface area contributed by atoms with Gasteiger partial charge in [0.2, 0.25) is 0 Å². The summed E-state index contributed by atoms with van der Waals surface area (Å²) in [6, 6.07) is 10.9. The molecule has 0 unspecified atom stereocenters. The Morgan fingerprint density at radius 3 is 2.39 bits per heavy atom. The van der Waals surface area contributed by atoms with E-state index in [1.54, 1.807) is 6.07 Å². The molecule has 0 N–H and O–H groups in total. The molecule has 33 heavy (non-hydrogen) atoms. The van der Waals surface area contributed by atoms with E-state index in [0.717, 1.165) is 43.7 Å². The second-order valence-corrected chi connectivity index (χ2v) is 8.60. The zero-order chi connectivity index (χ0) is 23.4. The average molecular weight is 451 g/mol. The van der Waals surface area contributed by atoms with E-state index in [-0.39, 0.29) is 17.2 Å². The van der Waals surface area contributed by atoms with Gasteiger partial charge in [0, 0.05) is 16.9 Å². The molecule has 170 valence electrons. The van der Waals surface area contributed by atoms with Gasteiger partial charge in [0.15, 0.2) is 0 Å². The lowest BCUT2D eigenvalue weighted by Gasteiger charge is -2.25. The molecule has 0 aliphatic heterocycles. The van der Waals surface area contributed by atoms with Gasteiger partial charge >= 0.3 is 5.97 Å². The Morgan fingerprint density at radius 1 is 0.970 bits per heavy atom. The van der Waals surface area contributed by atoms with E-state index in [0.29, 0.717) is 10.8 Å². The van der Waals surface area contributed by atoms with Crippen LogP contribution in [-0.2, 0) is 0 Å². The number of carbonyl (C=O) groups excluding carboxylic acids is 1. The largest absolute Gasteiger partial charge is 0.423 e. The van der Waals surface area contributed by atoms with Crippen LogP contribution in [0.4, 0.5) is 13.2 Å². The van der Waals surface area contributed by atoms with E-state index in [2.05, 4.69) is 18.8 Å². The van der Waals surface area contributed by atoms with Gasteiger partial charge in [-0.2, -0.15) is 0 Å². The second-order valence-electron chi connectivity index (χ2n) is 8.60. The Bertz CT molecular complexity index is 1210. The summed E-state index contributed by atoms with van der Waals surface area (Å²) in [6.45, 7) is 2.19. The highest BCUT2D eigenvalue weighted by Gasteiger charge is 2.22. The Balaban J connectivity index is 1.47. The summed E-state index contributed by atoms with van der Waals surface area (Å²) in [6.07, 6.45) is 6.72. The van der Waals surface area contributed by atoms with Gasteiger partial charge in [-0.05, 0) is 73.4 Å². The average Bonchev–Trinajstić information content (AvgIpc) is 2.78. The van der Waals surface area contributed by atoms with Crippen molar-refractivity contribution >= 4 is 16.7 Å².